The molecule has 0 saturated heterocycles. The lowest BCUT2D eigenvalue weighted by molar-refractivity contribution is 0.137. The van der Waals surface area contributed by atoms with Gasteiger partial charge in [0.2, 0.25) is 0 Å². The van der Waals surface area contributed by atoms with Gasteiger partial charge in [0.05, 0.1) is 6.61 Å². The summed E-state index contributed by atoms with van der Waals surface area (Å²) in [6.07, 6.45) is 0.719. The highest BCUT2D eigenvalue weighted by Gasteiger charge is 2.10. The Labute approximate surface area is 108 Å². The number of aryl methyl sites for hydroxylation is 1. The smallest absolute Gasteiger partial charge is 0.147 e. The van der Waals surface area contributed by atoms with Crippen molar-refractivity contribution in [1.29, 1.82) is 0 Å². The summed E-state index contributed by atoms with van der Waals surface area (Å²) in [5, 5.41) is 13.0. The molecule has 1 aromatic carbocycles. The Hall–Kier alpha value is -0.770. The van der Waals surface area contributed by atoms with Crippen molar-refractivity contribution < 1.29 is 9.84 Å². The Balaban J connectivity index is 2.55. The van der Waals surface area contributed by atoms with E-state index < -0.39 is 0 Å². The predicted octanol–water partition coefficient (Wildman–Crippen LogP) is 2.73. The summed E-state index contributed by atoms with van der Waals surface area (Å²) in [7, 11) is 0. The maximum atomic E-state index is 9.09. The molecule has 2 N–H and O–H groups in total. The number of benzene rings is 1. The molecule has 0 fully saturated rings. The fourth-order valence-corrected chi connectivity index (χ4v) is 1.68. The number of halogens is 1. The zero-order valence-corrected chi connectivity index (χ0v) is 11.3. The van der Waals surface area contributed by atoms with Crippen molar-refractivity contribution in [3.8, 4) is 5.75 Å². The van der Waals surface area contributed by atoms with Gasteiger partial charge in [0.15, 0.2) is 0 Å². The minimum Gasteiger partial charge on any atom is -0.476 e. The molecule has 0 spiro atoms. The highest BCUT2D eigenvalue weighted by molar-refractivity contribution is 6.31. The molecule has 0 radical (unpaired) electrons. The van der Waals surface area contributed by atoms with Crippen LogP contribution in [-0.2, 0) is 0 Å². The number of rotatable bonds is 6. The van der Waals surface area contributed by atoms with Crippen LogP contribution in [0.3, 0.4) is 0 Å². The fraction of sp³-hybridized carbons (Fsp3) is 0.538. The first kappa shape index (κ1) is 14.3. The minimum atomic E-state index is -0.146. The van der Waals surface area contributed by atoms with E-state index >= 15 is 0 Å². The van der Waals surface area contributed by atoms with Gasteiger partial charge < -0.3 is 9.84 Å². The first-order valence-electron chi connectivity index (χ1n) is 5.86. The van der Waals surface area contributed by atoms with Gasteiger partial charge >= 0.3 is 0 Å². The first-order chi connectivity index (χ1) is 8.06. The van der Waals surface area contributed by atoms with Crippen molar-refractivity contribution >= 4 is 11.6 Å². The Morgan fingerprint density at radius 1 is 1.47 bits per heavy atom. The molecule has 0 aliphatic heterocycles. The van der Waals surface area contributed by atoms with E-state index in [1.54, 1.807) is 0 Å². The molecule has 0 bridgehead atoms. The van der Waals surface area contributed by atoms with Crippen LogP contribution in [0.2, 0.25) is 5.02 Å². The van der Waals surface area contributed by atoms with Crippen LogP contribution < -0.4 is 10.1 Å². The lowest BCUT2D eigenvalue weighted by Crippen LogP contribution is -2.41. The number of aliphatic hydroxyl groups is 1. The first-order valence-corrected chi connectivity index (χ1v) is 6.24. The van der Waals surface area contributed by atoms with E-state index in [0.717, 1.165) is 22.8 Å². The van der Waals surface area contributed by atoms with Gasteiger partial charge in [-0.05, 0) is 44.0 Å². The molecular weight excluding hydrogens is 238 g/mol. The maximum Gasteiger partial charge on any atom is 0.147 e. The number of hydrogen-bond donors (Lipinski definition) is 2. The Morgan fingerprint density at radius 3 is 2.71 bits per heavy atom. The second kappa shape index (κ2) is 6.84. The molecule has 0 aliphatic carbocycles. The van der Waals surface area contributed by atoms with Gasteiger partial charge in [-0.2, -0.15) is 0 Å². The summed E-state index contributed by atoms with van der Waals surface area (Å²) in [6.45, 7) is 6.00. The van der Waals surface area contributed by atoms with Crippen molar-refractivity contribution in [2.75, 3.05) is 6.61 Å². The molecular formula is C13H20ClNO2. The van der Waals surface area contributed by atoms with Crippen LogP contribution in [0.4, 0.5) is 0 Å². The predicted molar refractivity (Wildman–Crippen MR) is 70.6 cm³/mol. The van der Waals surface area contributed by atoms with E-state index in [9.17, 15) is 0 Å². The largest absolute Gasteiger partial charge is 0.476 e. The van der Waals surface area contributed by atoms with Crippen molar-refractivity contribution in [2.24, 2.45) is 0 Å². The molecule has 0 heterocycles. The van der Waals surface area contributed by atoms with Crippen LogP contribution in [0, 0.1) is 6.92 Å². The fourth-order valence-electron chi connectivity index (χ4n) is 1.56. The monoisotopic (exact) mass is 257 g/mol. The van der Waals surface area contributed by atoms with Crippen LogP contribution in [0.25, 0.3) is 0 Å². The molecule has 0 aromatic heterocycles. The van der Waals surface area contributed by atoms with E-state index in [1.165, 1.54) is 0 Å². The number of hydrogen-bond acceptors (Lipinski definition) is 3. The molecule has 1 rings (SSSR count). The molecule has 0 saturated carbocycles. The van der Waals surface area contributed by atoms with E-state index in [1.807, 2.05) is 39.0 Å². The summed E-state index contributed by atoms with van der Waals surface area (Å²) in [6, 6.07) is 5.63. The van der Waals surface area contributed by atoms with Crippen LogP contribution in [0.15, 0.2) is 18.2 Å². The van der Waals surface area contributed by atoms with Crippen molar-refractivity contribution in [3.63, 3.8) is 0 Å². The molecule has 0 aliphatic rings. The summed E-state index contributed by atoms with van der Waals surface area (Å²) in [4.78, 5) is 0. The Bertz CT molecular complexity index is 353. The van der Waals surface area contributed by atoms with Gasteiger partial charge in [-0.3, -0.25) is 5.32 Å². The molecule has 1 unspecified atom stereocenters. The topological polar surface area (TPSA) is 41.5 Å². The van der Waals surface area contributed by atoms with Gasteiger partial charge in [-0.15, -0.1) is 0 Å². The highest BCUT2D eigenvalue weighted by Crippen LogP contribution is 2.21. The number of nitrogens with one attached hydrogen (secondary N) is 1. The quantitative estimate of drug-likeness (QED) is 0.770. The SMILES string of the molecule is CC[C@H](CO)NC(C)Oc1ccc(Cl)c(C)c1. The van der Waals surface area contributed by atoms with Crippen LogP contribution >= 0.6 is 11.6 Å². The number of ether oxygens (including phenoxy) is 1. The average Bonchev–Trinajstić information content (AvgIpc) is 2.31. The third kappa shape index (κ3) is 4.54. The second-order valence-corrected chi connectivity index (χ2v) is 4.53. The summed E-state index contributed by atoms with van der Waals surface area (Å²) in [5.41, 5.74) is 0.991. The van der Waals surface area contributed by atoms with Gasteiger partial charge in [-0.25, -0.2) is 0 Å². The molecule has 96 valence electrons. The molecule has 1 aromatic rings. The normalized spacial score (nSPS) is 14.4. The standard InChI is InChI=1S/C13H20ClNO2/c1-4-11(8-16)15-10(3)17-12-5-6-13(14)9(2)7-12/h5-7,10-11,15-16H,4,8H2,1-3H3/t10?,11-/m1/s1. The van der Waals surface area contributed by atoms with Crippen molar-refractivity contribution in [2.45, 2.75) is 39.5 Å². The Morgan fingerprint density at radius 2 is 2.18 bits per heavy atom. The zero-order chi connectivity index (χ0) is 12.8. The molecule has 2 atom stereocenters. The zero-order valence-electron chi connectivity index (χ0n) is 10.5. The molecule has 17 heavy (non-hydrogen) atoms. The summed E-state index contributed by atoms with van der Waals surface area (Å²) in [5.74, 6) is 0.777. The molecule has 3 nitrogen and oxygen atoms in total. The average molecular weight is 258 g/mol. The molecule has 0 amide bonds. The van der Waals surface area contributed by atoms with E-state index in [-0.39, 0.29) is 18.9 Å². The number of aliphatic hydroxyl groups excluding tert-OH is 1. The molecule has 4 heteroatoms. The van der Waals surface area contributed by atoms with Gasteiger partial charge in [-0.1, -0.05) is 18.5 Å². The lowest BCUT2D eigenvalue weighted by Gasteiger charge is -2.21. The van der Waals surface area contributed by atoms with Crippen LogP contribution in [-0.4, -0.2) is 24.0 Å². The minimum absolute atomic E-state index is 0.0680. The Kier molecular flexibility index (Phi) is 5.75. The summed E-state index contributed by atoms with van der Waals surface area (Å²) < 4.78 is 5.70. The van der Waals surface area contributed by atoms with E-state index in [2.05, 4.69) is 5.32 Å². The maximum absolute atomic E-state index is 9.09. The third-order valence-corrected chi connectivity index (χ3v) is 3.05. The van der Waals surface area contributed by atoms with Gasteiger partial charge in [0, 0.05) is 11.1 Å². The van der Waals surface area contributed by atoms with Gasteiger partial charge in [0.25, 0.3) is 0 Å². The summed E-state index contributed by atoms with van der Waals surface area (Å²) >= 11 is 5.94. The van der Waals surface area contributed by atoms with Crippen molar-refractivity contribution in [3.05, 3.63) is 28.8 Å². The van der Waals surface area contributed by atoms with Crippen LogP contribution in [0.5, 0.6) is 5.75 Å². The lowest BCUT2D eigenvalue weighted by atomic mass is 10.2. The highest BCUT2D eigenvalue weighted by atomic mass is 35.5. The van der Waals surface area contributed by atoms with E-state index in [0.29, 0.717) is 0 Å². The second-order valence-electron chi connectivity index (χ2n) is 4.13. The van der Waals surface area contributed by atoms with Crippen LogP contribution in [0.1, 0.15) is 25.8 Å². The van der Waals surface area contributed by atoms with Gasteiger partial charge in [0.1, 0.15) is 12.0 Å². The third-order valence-electron chi connectivity index (χ3n) is 2.63. The van der Waals surface area contributed by atoms with Crippen molar-refractivity contribution in [1.82, 2.24) is 5.32 Å². The van der Waals surface area contributed by atoms with E-state index in [4.69, 9.17) is 21.4 Å².